The average Bonchev–Trinajstić information content (AvgIpc) is 3.40. The number of amides is 2. The predicted molar refractivity (Wildman–Crippen MR) is 120 cm³/mol. The summed E-state index contributed by atoms with van der Waals surface area (Å²) >= 11 is 0. The zero-order valence-electron chi connectivity index (χ0n) is 18.2. The number of benzene rings is 1. The molecule has 2 aromatic rings. The minimum Gasteiger partial charge on any atom is -0.384 e. The molecule has 0 radical (unpaired) electrons. The molecule has 1 aliphatic heterocycles. The number of nitrogens with one attached hydrogen (secondary N) is 3. The lowest BCUT2D eigenvalue weighted by molar-refractivity contribution is -0.130. The van der Waals surface area contributed by atoms with E-state index < -0.39 is 6.04 Å². The summed E-state index contributed by atoms with van der Waals surface area (Å²) in [5.74, 6) is 0.184. The van der Waals surface area contributed by atoms with Crippen molar-refractivity contribution in [3.63, 3.8) is 0 Å². The topological polar surface area (TPSA) is 109 Å². The molecule has 0 bridgehead atoms. The van der Waals surface area contributed by atoms with Crippen LogP contribution in [0.4, 0.5) is 10.2 Å². The van der Waals surface area contributed by atoms with Gasteiger partial charge in [-0.25, -0.2) is 9.37 Å². The third kappa shape index (κ3) is 5.07. The number of aromatic nitrogens is 1. The highest BCUT2D eigenvalue weighted by atomic mass is 19.1. The van der Waals surface area contributed by atoms with Crippen LogP contribution >= 0.6 is 0 Å². The number of hydrogen-bond donors (Lipinski definition) is 4. The summed E-state index contributed by atoms with van der Waals surface area (Å²) in [4.78, 5) is 30.0. The van der Waals surface area contributed by atoms with Gasteiger partial charge in [0, 0.05) is 5.69 Å². The van der Waals surface area contributed by atoms with Crippen molar-refractivity contribution in [3.05, 3.63) is 59.0 Å². The molecule has 7 nitrogen and oxygen atoms in total. The predicted octanol–water partition coefficient (Wildman–Crippen LogP) is 2.02. The molecule has 1 aliphatic carbocycles. The van der Waals surface area contributed by atoms with Gasteiger partial charge in [-0.05, 0) is 73.9 Å². The van der Waals surface area contributed by atoms with Crippen LogP contribution in [0.5, 0.6) is 0 Å². The van der Waals surface area contributed by atoms with Gasteiger partial charge in [-0.3, -0.25) is 9.59 Å². The van der Waals surface area contributed by atoms with Crippen molar-refractivity contribution < 1.29 is 14.0 Å². The van der Waals surface area contributed by atoms with E-state index in [1.54, 1.807) is 18.2 Å². The molecular weight excluding hydrogens is 409 g/mol. The Morgan fingerprint density at radius 2 is 2.03 bits per heavy atom. The normalized spacial score (nSPS) is 22.9. The quantitative estimate of drug-likeness (QED) is 0.528. The molecule has 1 saturated heterocycles. The van der Waals surface area contributed by atoms with E-state index in [1.807, 2.05) is 13.0 Å². The number of carbonyl (C=O) groups excluding carboxylic acids is 2. The first-order chi connectivity index (χ1) is 15.4. The zero-order chi connectivity index (χ0) is 22.7. The van der Waals surface area contributed by atoms with Crippen molar-refractivity contribution in [1.82, 2.24) is 20.9 Å². The Morgan fingerprint density at radius 1 is 1.25 bits per heavy atom. The average molecular weight is 440 g/mol. The van der Waals surface area contributed by atoms with Crippen molar-refractivity contribution in [2.75, 3.05) is 12.3 Å². The van der Waals surface area contributed by atoms with Crippen LogP contribution in [-0.4, -0.2) is 35.4 Å². The number of nitrogens with two attached hydrogens (primary N) is 1. The Labute approximate surface area is 187 Å². The largest absolute Gasteiger partial charge is 0.384 e. The van der Waals surface area contributed by atoms with Crippen molar-refractivity contribution in [1.29, 1.82) is 0 Å². The van der Waals surface area contributed by atoms with Crippen molar-refractivity contribution in [2.24, 2.45) is 5.92 Å². The van der Waals surface area contributed by atoms with Crippen LogP contribution in [0.1, 0.15) is 49.0 Å². The fourth-order valence-electron chi connectivity index (χ4n) is 4.65. The van der Waals surface area contributed by atoms with Gasteiger partial charge in [0.1, 0.15) is 17.7 Å². The molecule has 4 atom stereocenters. The minimum atomic E-state index is -0.591. The highest BCUT2D eigenvalue weighted by Crippen LogP contribution is 2.30. The van der Waals surface area contributed by atoms with Gasteiger partial charge in [0.15, 0.2) is 0 Å². The number of rotatable bonds is 7. The van der Waals surface area contributed by atoms with E-state index in [-0.39, 0.29) is 29.7 Å². The first-order valence-electron chi connectivity index (χ1n) is 11.3. The van der Waals surface area contributed by atoms with Crippen molar-refractivity contribution in [3.8, 4) is 0 Å². The van der Waals surface area contributed by atoms with Gasteiger partial charge in [0.2, 0.25) is 11.8 Å². The Hall–Kier alpha value is -3.00. The fraction of sp³-hybridized carbons (Fsp3) is 0.458. The first kappa shape index (κ1) is 22.2. The highest BCUT2D eigenvalue weighted by molar-refractivity contribution is 5.90. The fourth-order valence-corrected chi connectivity index (χ4v) is 4.65. The molecule has 32 heavy (non-hydrogen) atoms. The van der Waals surface area contributed by atoms with Crippen LogP contribution in [0.15, 0.2) is 36.4 Å². The molecule has 1 aromatic heterocycles. The second-order valence-electron chi connectivity index (χ2n) is 8.73. The Balaban J connectivity index is 1.29. The SMILES string of the molecule is CC[C@H](NC(=O)[C@H]1C[C@H](Cc2ccc(F)cc2)CN1)C(=O)N[C@@H]1CCc2nc(N)ccc21. The zero-order valence-corrected chi connectivity index (χ0v) is 18.2. The van der Waals surface area contributed by atoms with Crippen LogP contribution < -0.4 is 21.7 Å². The molecule has 8 heteroatoms. The van der Waals surface area contributed by atoms with Crippen molar-refractivity contribution >= 4 is 17.6 Å². The Bertz CT molecular complexity index is 981. The molecule has 2 aliphatic rings. The van der Waals surface area contributed by atoms with Crippen LogP contribution in [0, 0.1) is 11.7 Å². The number of anilines is 1. The van der Waals surface area contributed by atoms with Gasteiger partial charge in [-0.2, -0.15) is 0 Å². The lowest BCUT2D eigenvalue weighted by Crippen LogP contribution is -2.51. The Kier molecular flexibility index (Phi) is 6.69. The van der Waals surface area contributed by atoms with E-state index in [4.69, 9.17) is 5.73 Å². The Morgan fingerprint density at radius 3 is 2.78 bits per heavy atom. The number of carbonyl (C=O) groups is 2. The molecule has 0 unspecified atom stereocenters. The molecule has 0 spiro atoms. The van der Waals surface area contributed by atoms with Crippen LogP contribution in [-0.2, 0) is 22.4 Å². The summed E-state index contributed by atoms with van der Waals surface area (Å²) in [5.41, 5.74) is 8.73. The number of hydrogen-bond acceptors (Lipinski definition) is 5. The number of fused-ring (bicyclic) bond motifs is 1. The third-order valence-corrected chi connectivity index (χ3v) is 6.41. The summed E-state index contributed by atoms with van der Waals surface area (Å²) < 4.78 is 13.1. The number of halogens is 1. The van der Waals surface area contributed by atoms with Gasteiger partial charge in [-0.15, -0.1) is 0 Å². The molecular formula is C24H30FN5O2. The van der Waals surface area contributed by atoms with Crippen molar-refractivity contribution in [2.45, 2.75) is 57.2 Å². The molecule has 0 saturated carbocycles. The summed E-state index contributed by atoms with van der Waals surface area (Å²) in [6.45, 7) is 2.60. The maximum atomic E-state index is 13.1. The van der Waals surface area contributed by atoms with E-state index in [0.717, 1.165) is 36.1 Å². The number of nitrogens with zero attached hydrogens (tertiary/aromatic N) is 1. The molecule has 1 aromatic carbocycles. The van der Waals surface area contributed by atoms with E-state index in [2.05, 4.69) is 20.9 Å². The molecule has 2 heterocycles. The highest BCUT2D eigenvalue weighted by Gasteiger charge is 2.33. The first-order valence-corrected chi connectivity index (χ1v) is 11.3. The molecule has 4 rings (SSSR count). The van der Waals surface area contributed by atoms with Gasteiger partial charge >= 0.3 is 0 Å². The lowest BCUT2D eigenvalue weighted by Gasteiger charge is -2.22. The maximum absolute atomic E-state index is 13.1. The molecule has 2 amide bonds. The number of nitrogen functional groups attached to an aromatic ring is 1. The molecule has 1 fully saturated rings. The number of pyridine rings is 1. The summed E-state index contributed by atoms with van der Waals surface area (Å²) in [5, 5.41) is 9.23. The van der Waals surface area contributed by atoms with Gasteiger partial charge in [-0.1, -0.05) is 25.1 Å². The van der Waals surface area contributed by atoms with E-state index >= 15 is 0 Å². The van der Waals surface area contributed by atoms with Crippen LogP contribution in [0.25, 0.3) is 0 Å². The summed E-state index contributed by atoms with van der Waals surface area (Å²) in [6, 6.07) is 9.11. The van der Waals surface area contributed by atoms with Crippen LogP contribution in [0.3, 0.4) is 0 Å². The second kappa shape index (κ2) is 9.65. The maximum Gasteiger partial charge on any atom is 0.243 e. The van der Waals surface area contributed by atoms with Crippen LogP contribution in [0.2, 0.25) is 0 Å². The van der Waals surface area contributed by atoms with Gasteiger partial charge < -0.3 is 21.7 Å². The summed E-state index contributed by atoms with van der Waals surface area (Å²) in [7, 11) is 0. The van der Waals surface area contributed by atoms with Gasteiger partial charge in [0.25, 0.3) is 0 Å². The minimum absolute atomic E-state index is 0.110. The third-order valence-electron chi connectivity index (χ3n) is 6.41. The van der Waals surface area contributed by atoms with E-state index in [1.165, 1.54) is 12.1 Å². The lowest BCUT2D eigenvalue weighted by atomic mass is 9.96. The summed E-state index contributed by atoms with van der Waals surface area (Å²) in [6.07, 6.45) is 3.52. The molecule has 170 valence electrons. The van der Waals surface area contributed by atoms with Gasteiger partial charge in [0.05, 0.1) is 12.1 Å². The monoisotopic (exact) mass is 439 g/mol. The van der Waals surface area contributed by atoms with E-state index in [0.29, 0.717) is 31.1 Å². The standard InChI is InChI=1S/C24H30FN5O2/c1-2-18(23(31)30-20-9-8-19-17(20)7-10-22(26)28-19)29-24(32)21-12-15(13-27-21)11-14-3-5-16(25)6-4-14/h3-7,10,15,18,20-21,27H,2,8-9,11-13H2,1H3,(H2,26,28)(H,29,32)(H,30,31)/t15-,18-,20+,21+/m0/s1. The molecule has 5 N–H and O–H groups in total. The second-order valence-corrected chi connectivity index (χ2v) is 8.73. The number of aryl methyl sites for hydroxylation is 1. The smallest absolute Gasteiger partial charge is 0.243 e. The van der Waals surface area contributed by atoms with E-state index in [9.17, 15) is 14.0 Å².